The average molecular weight is 430 g/mol. The van der Waals surface area contributed by atoms with Gasteiger partial charge in [0.2, 0.25) is 15.9 Å². The summed E-state index contributed by atoms with van der Waals surface area (Å²) in [5, 5.41) is 13.3. The molecule has 2 aromatic carbocycles. The Morgan fingerprint density at radius 2 is 2.00 bits per heavy atom. The highest BCUT2D eigenvalue weighted by Crippen LogP contribution is 2.27. The molecule has 1 atom stereocenters. The van der Waals surface area contributed by atoms with E-state index >= 15 is 0 Å². The Kier molecular flexibility index (Phi) is 6.57. The maximum atomic E-state index is 13.3. The van der Waals surface area contributed by atoms with Gasteiger partial charge in [0.15, 0.2) is 0 Å². The SMILES string of the molecule is CCC(C(=O)Nc1ccc(F)c(Cl)c1)N(c1cccc([N+](=O)[O-])c1)S(C)(=O)=O. The van der Waals surface area contributed by atoms with Crippen molar-refractivity contribution in [2.45, 2.75) is 19.4 Å². The Balaban J connectivity index is 2.42. The molecular weight excluding hydrogens is 413 g/mol. The van der Waals surface area contributed by atoms with Gasteiger partial charge in [-0.3, -0.25) is 19.2 Å². The van der Waals surface area contributed by atoms with Crippen molar-refractivity contribution < 1.29 is 22.5 Å². The summed E-state index contributed by atoms with van der Waals surface area (Å²) in [7, 11) is -3.96. The number of sulfonamides is 1. The smallest absolute Gasteiger partial charge is 0.271 e. The maximum Gasteiger partial charge on any atom is 0.271 e. The largest absolute Gasteiger partial charge is 0.324 e. The number of nitrogens with one attached hydrogen (secondary N) is 1. The van der Waals surface area contributed by atoms with Gasteiger partial charge < -0.3 is 5.32 Å². The minimum Gasteiger partial charge on any atom is -0.324 e. The lowest BCUT2D eigenvalue weighted by Crippen LogP contribution is -2.47. The van der Waals surface area contributed by atoms with Crippen molar-refractivity contribution in [2.24, 2.45) is 0 Å². The van der Waals surface area contributed by atoms with Crippen molar-refractivity contribution in [2.75, 3.05) is 15.9 Å². The van der Waals surface area contributed by atoms with E-state index in [4.69, 9.17) is 11.6 Å². The molecule has 1 amide bonds. The van der Waals surface area contributed by atoms with Gasteiger partial charge in [0.05, 0.1) is 21.9 Å². The Labute approximate surface area is 166 Å². The summed E-state index contributed by atoms with van der Waals surface area (Å²) in [6.45, 7) is 1.59. The van der Waals surface area contributed by atoms with Crippen molar-refractivity contribution in [3.63, 3.8) is 0 Å². The topological polar surface area (TPSA) is 110 Å². The zero-order chi connectivity index (χ0) is 21.1. The van der Waals surface area contributed by atoms with Crippen molar-refractivity contribution in [3.05, 3.63) is 63.4 Å². The number of carbonyl (C=O) groups excluding carboxylic acids is 1. The monoisotopic (exact) mass is 429 g/mol. The first kappa shape index (κ1) is 21.6. The van der Waals surface area contributed by atoms with Crippen molar-refractivity contribution in [1.29, 1.82) is 0 Å². The van der Waals surface area contributed by atoms with Gasteiger partial charge >= 0.3 is 0 Å². The summed E-state index contributed by atoms with van der Waals surface area (Å²) in [5.41, 5.74) is -0.148. The van der Waals surface area contributed by atoms with Gasteiger partial charge in [-0.25, -0.2) is 12.8 Å². The zero-order valence-electron chi connectivity index (χ0n) is 14.9. The molecule has 0 aliphatic carbocycles. The first-order valence-corrected chi connectivity index (χ1v) is 10.3. The van der Waals surface area contributed by atoms with Gasteiger partial charge in [-0.2, -0.15) is 0 Å². The molecule has 0 heterocycles. The number of nitro benzene ring substituents is 1. The number of nitro groups is 1. The number of halogens is 2. The summed E-state index contributed by atoms with van der Waals surface area (Å²) < 4.78 is 38.9. The first-order valence-electron chi connectivity index (χ1n) is 8.04. The van der Waals surface area contributed by atoms with Gasteiger partial charge in [-0.15, -0.1) is 0 Å². The molecule has 0 aliphatic heterocycles. The average Bonchev–Trinajstić information content (AvgIpc) is 2.61. The number of amides is 1. The zero-order valence-corrected chi connectivity index (χ0v) is 16.5. The molecule has 0 aromatic heterocycles. The molecule has 1 N–H and O–H groups in total. The molecule has 1 unspecified atom stereocenters. The minimum atomic E-state index is -3.96. The van der Waals surface area contributed by atoms with Crippen LogP contribution in [0.15, 0.2) is 42.5 Å². The second-order valence-corrected chi connectivity index (χ2v) is 8.14. The number of benzene rings is 2. The molecule has 0 spiro atoms. The number of nitrogens with zero attached hydrogens (tertiary/aromatic N) is 2. The molecule has 8 nitrogen and oxygen atoms in total. The highest BCUT2D eigenvalue weighted by atomic mass is 35.5. The van der Waals surface area contributed by atoms with Crippen LogP contribution in [-0.2, 0) is 14.8 Å². The van der Waals surface area contributed by atoms with Crippen LogP contribution in [0.3, 0.4) is 0 Å². The Bertz CT molecular complexity index is 1020. The second-order valence-electron chi connectivity index (χ2n) is 5.88. The molecule has 150 valence electrons. The van der Waals surface area contributed by atoms with E-state index in [1.807, 2.05) is 0 Å². The summed E-state index contributed by atoms with van der Waals surface area (Å²) in [6.07, 6.45) is 0.979. The van der Waals surface area contributed by atoms with Crippen LogP contribution in [0.2, 0.25) is 5.02 Å². The van der Waals surface area contributed by atoms with Crippen LogP contribution in [0.25, 0.3) is 0 Å². The van der Waals surface area contributed by atoms with E-state index in [1.54, 1.807) is 6.92 Å². The van der Waals surface area contributed by atoms with Gasteiger partial charge in [0.1, 0.15) is 11.9 Å². The molecular formula is C17H17ClFN3O5S. The van der Waals surface area contributed by atoms with E-state index in [9.17, 15) is 27.7 Å². The lowest BCUT2D eigenvalue weighted by atomic mass is 10.1. The van der Waals surface area contributed by atoms with Crippen LogP contribution in [0.1, 0.15) is 13.3 Å². The van der Waals surface area contributed by atoms with E-state index < -0.39 is 32.7 Å². The number of hydrogen-bond acceptors (Lipinski definition) is 5. The van der Waals surface area contributed by atoms with Crippen molar-refractivity contribution in [1.82, 2.24) is 0 Å². The predicted molar refractivity (Wildman–Crippen MR) is 105 cm³/mol. The number of carbonyl (C=O) groups is 1. The van der Waals surface area contributed by atoms with Crippen LogP contribution in [0, 0.1) is 15.9 Å². The minimum absolute atomic E-state index is 0.0177. The number of rotatable bonds is 7. The van der Waals surface area contributed by atoms with Crippen LogP contribution in [-0.4, -0.2) is 31.5 Å². The molecule has 0 saturated carbocycles. The molecule has 0 radical (unpaired) electrons. The fraction of sp³-hybridized carbons (Fsp3) is 0.235. The molecule has 0 fully saturated rings. The second kappa shape index (κ2) is 8.53. The van der Waals surface area contributed by atoms with Crippen LogP contribution in [0.5, 0.6) is 0 Å². The summed E-state index contributed by atoms with van der Waals surface area (Å²) >= 11 is 5.69. The highest BCUT2D eigenvalue weighted by molar-refractivity contribution is 7.92. The number of hydrogen-bond donors (Lipinski definition) is 1. The van der Waals surface area contributed by atoms with Gasteiger partial charge in [-0.1, -0.05) is 24.6 Å². The summed E-state index contributed by atoms with van der Waals surface area (Å²) in [4.78, 5) is 23.1. The Morgan fingerprint density at radius 3 is 2.54 bits per heavy atom. The van der Waals surface area contributed by atoms with E-state index in [-0.39, 0.29) is 28.5 Å². The van der Waals surface area contributed by atoms with Gasteiger partial charge in [-0.05, 0) is 30.7 Å². The molecule has 0 aliphatic rings. The summed E-state index contributed by atoms with van der Waals surface area (Å²) in [5.74, 6) is -1.36. The van der Waals surface area contributed by atoms with E-state index in [0.717, 1.165) is 22.7 Å². The first-order chi connectivity index (χ1) is 13.0. The Morgan fingerprint density at radius 1 is 1.32 bits per heavy atom. The fourth-order valence-corrected chi connectivity index (χ4v) is 3.99. The van der Waals surface area contributed by atoms with Crippen LogP contribution >= 0.6 is 11.6 Å². The molecule has 0 saturated heterocycles. The standard InChI is InChI=1S/C17H17ClFN3O5S/c1-3-16(17(23)20-11-7-8-15(19)14(18)9-11)21(28(2,26)27)12-5-4-6-13(10-12)22(24)25/h4-10,16H,3H2,1-2H3,(H,20,23). The van der Waals surface area contributed by atoms with Gasteiger partial charge in [0, 0.05) is 17.8 Å². The normalized spacial score (nSPS) is 12.3. The molecule has 2 rings (SSSR count). The van der Waals surface area contributed by atoms with Crippen LogP contribution in [0.4, 0.5) is 21.5 Å². The molecule has 0 bridgehead atoms. The highest BCUT2D eigenvalue weighted by Gasteiger charge is 2.32. The Hall–Kier alpha value is -2.72. The lowest BCUT2D eigenvalue weighted by molar-refractivity contribution is -0.384. The molecule has 2 aromatic rings. The van der Waals surface area contributed by atoms with E-state index in [0.29, 0.717) is 0 Å². The van der Waals surface area contributed by atoms with Crippen molar-refractivity contribution in [3.8, 4) is 0 Å². The quantitative estimate of drug-likeness (QED) is 0.534. The van der Waals surface area contributed by atoms with E-state index in [1.165, 1.54) is 30.3 Å². The van der Waals surface area contributed by atoms with Crippen molar-refractivity contribution >= 4 is 44.6 Å². The maximum absolute atomic E-state index is 13.3. The predicted octanol–water partition coefficient (Wildman–Crippen LogP) is 3.57. The van der Waals surface area contributed by atoms with Gasteiger partial charge in [0.25, 0.3) is 5.69 Å². The number of non-ortho nitro benzene ring substituents is 1. The third kappa shape index (κ3) is 4.96. The fourth-order valence-electron chi connectivity index (χ4n) is 2.60. The third-order valence-electron chi connectivity index (χ3n) is 3.81. The van der Waals surface area contributed by atoms with E-state index in [2.05, 4.69) is 5.32 Å². The summed E-state index contributed by atoms with van der Waals surface area (Å²) in [6, 6.07) is 7.32. The lowest BCUT2D eigenvalue weighted by Gasteiger charge is -2.30. The van der Waals surface area contributed by atoms with Crippen LogP contribution < -0.4 is 9.62 Å². The third-order valence-corrected chi connectivity index (χ3v) is 5.28. The molecule has 11 heteroatoms. The molecule has 28 heavy (non-hydrogen) atoms. The number of anilines is 2.